The second-order valence-corrected chi connectivity index (χ2v) is 5.04. The van der Waals surface area contributed by atoms with Crippen LogP contribution in [0.25, 0.3) is 0 Å². The number of hydrogen-bond donors (Lipinski definition) is 1. The minimum atomic E-state index is -0.136. The lowest BCUT2D eigenvalue weighted by Gasteiger charge is -2.17. The van der Waals surface area contributed by atoms with E-state index >= 15 is 0 Å². The maximum absolute atomic E-state index is 5.68. The second kappa shape index (κ2) is 6.61. The lowest BCUT2D eigenvalue weighted by Crippen LogP contribution is -2.20. The van der Waals surface area contributed by atoms with Crippen molar-refractivity contribution in [2.45, 2.75) is 32.6 Å². The lowest BCUT2D eigenvalue weighted by molar-refractivity contribution is 0.0716. The van der Waals surface area contributed by atoms with Crippen molar-refractivity contribution < 1.29 is 9.47 Å². The molecular formula is C12H22N4O2. The predicted molar refractivity (Wildman–Crippen MR) is 69.3 cm³/mol. The number of anilines is 1. The Bertz CT molecular complexity index is 377. The number of nitrogens with two attached hydrogens (primary N) is 1. The summed E-state index contributed by atoms with van der Waals surface area (Å²) in [5, 5.41) is 0. The smallest absolute Gasteiger partial charge is 0.223 e. The van der Waals surface area contributed by atoms with Crippen LogP contribution < -0.4 is 5.73 Å². The molecule has 0 saturated carbocycles. The molecule has 0 aliphatic rings. The zero-order valence-corrected chi connectivity index (χ0v) is 11.6. The molecule has 6 nitrogen and oxygen atoms in total. The maximum Gasteiger partial charge on any atom is 0.223 e. The van der Waals surface area contributed by atoms with E-state index in [1.165, 1.54) is 0 Å². The molecule has 1 aromatic rings. The van der Waals surface area contributed by atoms with Crippen LogP contribution in [0.4, 0.5) is 5.95 Å². The van der Waals surface area contributed by atoms with Crippen LogP contribution in [0.3, 0.4) is 0 Å². The Labute approximate surface area is 108 Å². The highest BCUT2D eigenvalue weighted by Gasteiger charge is 2.19. The van der Waals surface area contributed by atoms with Gasteiger partial charge >= 0.3 is 0 Å². The highest BCUT2D eigenvalue weighted by atomic mass is 16.5. The first-order valence-electron chi connectivity index (χ1n) is 6.01. The van der Waals surface area contributed by atoms with Gasteiger partial charge in [0.15, 0.2) is 0 Å². The molecule has 0 spiro atoms. The Hall–Kier alpha value is -1.27. The van der Waals surface area contributed by atoms with E-state index in [9.17, 15) is 0 Å². The number of aromatic nitrogens is 3. The molecule has 0 unspecified atom stereocenters. The summed E-state index contributed by atoms with van der Waals surface area (Å²) < 4.78 is 10.3. The fourth-order valence-corrected chi connectivity index (χ4v) is 1.29. The van der Waals surface area contributed by atoms with E-state index in [-0.39, 0.29) is 11.4 Å². The molecule has 0 aromatic carbocycles. The van der Waals surface area contributed by atoms with Gasteiger partial charge in [0.25, 0.3) is 0 Å². The summed E-state index contributed by atoms with van der Waals surface area (Å²) >= 11 is 0. The monoisotopic (exact) mass is 254 g/mol. The van der Waals surface area contributed by atoms with Gasteiger partial charge in [-0.15, -0.1) is 0 Å². The number of nitrogens with zero attached hydrogens (tertiary/aromatic N) is 3. The molecule has 6 heteroatoms. The third kappa shape index (κ3) is 4.93. The number of nitrogen functional groups attached to an aromatic ring is 1. The Morgan fingerprint density at radius 2 is 1.78 bits per heavy atom. The van der Waals surface area contributed by atoms with Crippen molar-refractivity contribution in [1.29, 1.82) is 0 Å². The van der Waals surface area contributed by atoms with Crippen molar-refractivity contribution in [3.63, 3.8) is 0 Å². The van der Waals surface area contributed by atoms with Crippen LogP contribution in [0, 0.1) is 0 Å². The first-order valence-corrected chi connectivity index (χ1v) is 6.01. The standard InChI is InChI=1S/C12H22N4O2/c1-12(2,3)10-14-9(15-11(13)16-10)5-6-18-8-7-17-4/h5-8H2,1-4H3,(H2,13,14,15,16). The van der Waals surface area contributed by atoms with Crippen LogP contribution in [-0.4, -0.2) is 41.9 Å². The molecule has 1 rings (SSSR count). The van der Waals surface area contributed by atoms with Crippen molar-refractivity contribution in [3.8, 4) is 0 Å². The molecule has 0 aliphatic carbocycles. The van der Waals surface area contributed by atoms with Gasteiger partial charge in [-0.25, -0.2) is 4.98 Å². The van der Waals surface area contributed by atoms with Gasteiger partial charge in [0, 0.05) is 18.9 Å². The van der Waals surface area contributed by atoms with E-state index < -0.39 is 0 Å². The SMILES string of the molecule is COCCOCCc1nc(N)nc(C(C)(C)C)n1. The molecule has 102 valence electrons. The molecule has 2 N–H and O–H groups in total. The van der Waals surface area contributed by atoms with Gasteiger partial charge in [0.2, 0.25) is 5.95 Å². The van der Waals surface area contributed by atoms with Crippen LogP contribution >= 0.6 is 0 Å². The average molecular weight is 254 g/mol. The fourth-order valence-electron chi connectivity index (χ4n) is 1.29. The van der Waals surface area contributed by atoms with E-state index in [0.29, 0.717) is 37.9 Å². The molecule has 0 saturated heterocycles. The summed E-state index contributed by atoms with van der Waals surface area (Å²) in [5.74, 6) is 1.65. The third-order valence-corrected chi connectivity index (χ3v) is 2.27. The van der Waals surface area contributed by atoms with Gasteiger partial charge in [0.1, 0.15) is 11.6 Å². The summed E-state index contributed by atoms with van der Waals surface area (Å²) in [6.45, 7) is 7.84. The topological polar surface area (TPSA) is 83.2 Å². The minimum absolute atomic E-state index is 0.136. The molecule has 1 aromatic heterocycles. The quantitative estimate of drug-likeness (QED) is 0.761. The van der Waals surface area contributed by atoms with Crippen molar-refractivity contribution in [2.24, 2.45) is 0 Å². The van der Waals surface area contributed by atoms with Gasteiger partial charge in [0.05, 0.1) is 19.8 Å². The number of hydrogen-bond acceptors (Lipinski definition) is 6. The van der Waals surface area contributed by atoms with Crippen LogP contribution in [0.1, 0.15) is 32.4 Å². The molecule has 0 atom stereocenters. The molecule has 0 fully saturated rings. The minimum Gasteiger partial charge on any atom is -0.382 e. The fraction of sp³-hybridized carbons (Fsp3) is 0.750. The largest absolute Gasteiger partial charge is 0.382 e. The van der Waals surface area contributed by atoms with Gasteiger partial charge in [-0.05, 0) is 0 Å². The molecular weight excluding hydrogens is 232 g/mol. The van der Waals surface area contributed by atoms with Crippen molar-refractivity contribution >= 4 is 5.95 Å². The first-order chi connectivity index (χ1) is 8.43. The summed E-state index contributed by atoms with van der Waals surface area (Å²) in [7, 11) is 1.64. The number of ether oxygens (including phenoxy) is 2. The van der Waals surface area contributed by atoms with Gasteiger partial charge in [-0.2, -0.15) is 9.97 Å². The van der Waals surface area contributed by atoms with E-state index in [4.69, 9.17) is 15.2 Å². The average Bonchev–Trinajstić information content (AvgIpc) is 2.27. The van der Waals surface area contributed by atoms with Crippen molar-refractivity contribution in [3.05, 3.63) is 11.6 Å². The molecule has 0 radical (unpaired) electrons. The number of methoxy groups -OCH3 is 1. The third-order valence-electron chi connectivity index (χ3n) is 2.27. The van der Waals surface area contributed by atoms with E-state index in [2.05, 4.69) is 15.0 Å². The first kappa shape index (κ1) is 14.8. The zero-order valence-electron chi connectivity index (χ0n) is 11.6. The van der Waals surface area contributed by atoms with Crippen LogP contribution in [0.5, 0.6) is 0 Å². The van der Waals surface area contributed by atoms with Gasteiger partial charge in [-0.1, -0.05) is 20.8 Å². The Balaban J connectivity index is 2.58. The highest BCUT2D eigenvalue weighted by Crippen LogP contribution is 2.18. The molecule has 1 heterocycles. The lowest BCUT2D eigenvalue weighted by atomic mass is 9.96. The van der Waals surface area contributed by atoms with Crippen LogP contribution in [-0.2, 0) is 21.3 Å². The molecule has 0 bridgehead atoms. The Morgan fingerprint density at radius 1 is 1.06 bits per heavy atom. The van der Waals surface area contributed by atoms with E-state index in [0.717, 1.165) is 0 Å². The van der Waals surface area contributed by atoms with Crippen LogP contribution in [0.15, 0.2) is 0 Å². The second-order valence-electron chi connectivity index (χ2n) is 5.04. The van der Waals surface area contributed by atoms with Gasteiger partial charge < -0.3 is 15.2 Å². The van der Waals surface area contributed by atoms with Crippen molar-refractivity contribution in [2.75, 3.05) is 32.7 Å². The van der Waals surface area contributed by atoms with Gasteiger partial charge in [-0.3, -0.25) is 0 Å². The van der Waals surface area contributed by atoms with E-state index in [1.807, 2.05) is 20.8 Å². The normalized spacial score (nSPS) is 11.8. The molecule has 18 heavy (non-hydrogen) atoms. The van der Waals surface area contributed by atoms with Crippen molar-refractivity contribution in [1.82, 2.24) is 15.0 Å². The van der Waals surface area contributed by atoms with E-state index in [1.54, 1.807) is 7.11 Å². The maximum atomic E-state index is 5.68. The highest BCUT2D eigenvalue weighted by molar-refractivity contribution is 5.18. The zero-order chi connectivity index (χ0) is 13.6. The summed E-state index contributed by atoms with van der Waals surface area (Å²) in [6, 6.07) is 0. The van der Waals surface area contributed by atoms with Crippen LogP contribution in [0.2, 0.25) is 0 Å². The molecule has 0 amide bonds. The summed E-state index contributed by atoms with van der Waals surface area (Å²) in [4.78, 5) is 12.7. The number of rotatable bonds is 6. The Kier molecular flexibility index (Phi) is 5.43. The summed E-state index contributed by atoms with van der Waals surface area (Å²) in [6.07, 6.45) is 0.625. The Morgan fingerprint density at radius 3 is 2.39 bits per heavy atom. The molecule has 0 aliphatic heterocycles. The predicted octanol–water partition coefficient (Wildman–Crippen LogP) is 0.957. The summed E-state index contributed by atoms with van der Waals surface area (Å²) in [5.41, 5.74) is 5.55.